The summed E-state index contributed by atoms with van der Waals surface area (Å²) in [7, 11) is 1.54. The maximum Gasteiger partial charge on any atom is 0.294 e. The maximum absolute atomic E-state index is 12.9. The van der Waals surface area contributed by atoms with Crippen LogP contribution in [0.1, 0.15) is 11.1 Å². The molecule has 1 saturated heterocycles. The second kappa shape index (κ2) is 11.8. The number of nitrogens with zero attached hydrogens (tertiary/aromatic N) is 1. The fourth-order valence-corrected chi connectivity index (χ4v) is 4.76. The maximum atomic E-state index is 12.9. The minimum atomic E-state index is -0.513. The number of anilines is 1. The predicted molar refractivity (Wildman–Crippen MR) is 143 cm³/mol. The van der Waals surface area contributed by atoms with Gasteiger partial charge in [-0.25, -0.2) is 0 Å². The highest BCUT2D eigenvalue weighted by molar-refractivity contribution is 8.18. The lowest BCUT2D eigenvalue weighted by atomic mass is 10.1. The van der Waals surface area contributed by atoms with E-state index in [-0.39, 0.29) is 11.4 Å². The van der Waals surface area contributed by atoms with E-state index in [9.17, 15) is 14.4 Å². The number of thioether (sulfide) groups is 2. The summed E-state index contributed by atoms with van der Waals surface area (Å²) in [6.07, 6.45) is 3.54. The largest absolute Gasteiger partial charge is 0.493 e. The number of benzene rings is 3. The number of methoxy groups -OCH3 is 1. The molecule has 36 heavy (non-hydrogen) atoms. The molecule has 1 aliphatic rings. The number of nitrogens with one attached hydrogen (secondary N) is 1. The van der Waals surface area contributed by atoms with Crippen LogP contribution < -0.4 is 14.8 Å². The zero-order valence-electron chi connectivity index (χ0n) is 19.7. The number of carbonyl (C=O) groups is 3. The molecule has 0 spiro atoms. The smallest absolute Gasteiger partial charge is 0.294 e. The van der Waals surface area contributed by atoms with E-state index in [0.717, 1.165) is 27.1 Å². The minimum Gasteiger partial charge on any atom is -0.493 e. The molecular formula is C27H24N2O5S2. The Morgan fingerprint density at radius 1 is 1.03 bits per heavy atom. The predicted octanol–water partition coefficient (Wildman–Crippen LogP) is 5.67. The van der Waals surface area contributed by atoms with Crippen LogP contribution in [-0.2, 0) is 16.2 Å². The van der Waals surface area contributed by atoms with Crippen molar-refractivity contribution in [3.05, 3.63) is 88.8 Å². The summed E-state index contributed by atoms with van der Waals surface area (Å²) in [6, 6.07) is 22.4. The zero-order chi connectivity index (χ0) is 25.5. The van der Waals surface area contributed by atoms with Crippen molar-refractivity contribution < 1.29 is 23.9 Å². The Hall–Kier alpha value is -3.69. The Morgan fingerprint density at radius 3 is 2.58 bits per heavy atom. The Kier molecular flexibility index (Phi) is 8.35. The molecule has 3 amide bonds. The molecule has 1 aliphatic heterocycles. The van der Waals surface area contributed by atoms with Crippen LogP contribution >= 0.6 is 23.5 Å². The molecule has 0 atom stereocenters. The quantitative estimate of drug-likeness (QED) is 0.287. The summed E-state index contributed by atoms with van der Waals surface area (Å²) >= 11 is 2.35. The molecule has 1 N–H and O–H groups in total. The fourth-order valence-electron chi connectivity index (χ4n) is 3.46. The van der Waals surface area contributed by atoms with Crippen LogP contribution in [-0.4, -0.2) is 41.9 Å². The lowest BCUT2D eigenvalue weighted by Crippen LogP contribution is -2.36. The third kappa shape index (κ3) is 6.30. The monoisotopic (exact) mass is 520 g/mol. The molecule has 1 heterocycles. The van der Waals surface area contributed by atoms with Gasteiger partial charge >= 0.3 is 0 Å². The number of amides is 3. The average molecular weight is 521 g/mol. The number of hydrogen-bond acceptors (Lipinski definition) is 7. The molecule has 1 fully saturated rings. The zero-order valence-corrected chi connectivity index (χ0v) is 21.4. The second-order valence-corrected chi connectivity index (χ2v) is 9.61. The van der Waals surface area contributed by atoms with E-state index in [1.807, 2.05) is 54.8 Å². The molecule has 3 aromatic carbocycles. The molecule has 0 aliphatic carbocycles. The summed E-state index contributed by atoms with van der Waals surface area (Å²) in [4.78, 5) is 40.0. The molecule has 0 saturated carbocycles. The van der Waals surface area contributed by atoms with Crippen molar-refractivity contribution in [1.82, 2.24) is 4.90 Å². The first-order valence-corrected chi connectivity index (χ1v) is 13.0. The second-order valence-electron chi connectivity index (χ2n) is 7.73. The summed E-state index contributed by atoms with van der Waals surface area (Å²) in [5, 5.41) is 2.25. The van der Waals surface area contributed by atoms with E-state index in [2.05, 4.69) is 5.32 Å². The van der Waals surface area contributed by atoms with Crippen LogP contribution in [0.25, 0.3) is 6.08 Å². The van der Waals surface area contributed by atoms with Crippen molar-refractivity contribution in [3.63, 3.8) is 0 Å². The molecule has 0 bridgehead atoms. The molecule has 0 radical (unpaired) electrons. The van der Waals surface area contributed by atoms with Crippen molar-refractivity contribution in [3.8, 4) is 11.5 Å². The lowest BCUT2D eigenvalue weighted by molar-refractivity contribution is -0.127. The van der Waals surface area contributed by atoms with Gasteiger partial charge in [0, 0.05) is 10.6 Å². The van der Waals surface area contributed by atoms with Gasteiger partial charge in [0.25, 0.3) is 11.1 Å². The van der Waals surface area contributed by atoms with Crippen LogP contribution in [0.4, 0.5) is 10.5 Å². The molecule has 4 rings (SSSR count). The normalized spacial score (nSPS) is 14.3. The lowest BCUT2D eigenvalue weighted by Gasteiger charge is -2.13. The molecule has 9 heteroatoms. The number of hydrogen-bond donors (Lipinski definition) is 1. The molecule has 7 nitrogen and oxygen atoms in total. The fraction of sp³-hybridized carbons (Fsp3) is 0.148. The summed E-state index contributed by atoms with van der Waals surface area (Å²) in [6.45, 7) is 0.0279. The third-order valence-electron chi connectivity index (χ3n) is 5.25. The first kappa shape index (κ1) is 25.4. The average Bonchev–Trinajstić information content (AvgIpc) is 3.15. The number of ether oxygens (including phenoxy) is 2. The van der Waals surface area contributed by atoms with E-state index < -0.39 is 17.1 Å². The molecule has 3 aromatic rings. The Bertz CT molecular complexity index is 1310. The third-order valence-corrected chi connectivity index (χ3v) is 6.88. The van der Waals surface area contributed by atoms with E-state index in [1.54, 1.807) is 42.1 Å². The van der Waals surface area contributed by atoms with Gasteiger partial charge in [-0.05, 0) is 65.6 Å². The SMILES string of the molecule is COc1cc(/C=C2/SC(=O)N(CC(=O)Nc3cccc(SC)c3)C2=O)ccc1OCc1ccccc1. The van der Waals surface area contributed by atoms with Crippen molar-refractivity contribution in [2.24, 2.45) is 0 Å². The highest BCUT2D eigenvalue weighted by Gasteiger charge is 2.36. The van der Waals surface area contributed by atoms with Gasteiger partial charge in [-0.1, -0.05) is 42.5 Å². The van der Waals surface area contributed by atoms with Gasteiger partial charge in [0.2, 0.25) is 5.91 Å². The number of rotatable bonds is 9. The van der Waals surface area contributed by atoms with Crippen LogP contribution in [0, 0.1) is 0 Å². The highest BCUT2D eigenvalue weighted by Crippen LogP contribution is 2.34. The first-order chi connectivity index (χ1) is 17.5. The van der Waals surface area contributed by atoms with Gasteiger partial charge in [0.15, 0.2) is 11.5 Å². The van der Waals surface area contributed by atoms with E-state index >= 15 is 0 Å². The summed E-state index contributed by atoms with van der Waals surface area (Å²) in [5.41, 5.74) is 2.30. The van der Waals surface area contributed by atoms with Gasteiger partial charge < -0.3 is 14.8 Å². The van der Waals surface area contributed by atoms with Crippen LogP contribution in [0.5, 0.6) is 11.5 Å². The van der Waals surface area contributed by atoms with Gasteiger partial charge in [0.05, 0.1) is 12.0 Å². The number of carbonyl (C=O) groups excluding carboxylic acids is 3. The van der Waals surface area contributed by atoms with Crippen LogP contribution in [0.15, 0.2) is 82.6 Å². The topological polar surface area (TPSA) is 84.9 Å². The van der Waals surface area contributed by atoms with E-state index in [1.165, 1.54) is 7.11 Å². The molecular weight excluding hydrogens is 496 g/mol. The number of imide groups is 1. The van der Waals surface area contributed by atoms with E-state index in [4.69, 9.17) is 9.47 Å². The van der Waals surface area contributed by atoms with Crippen molar-refractivity contribution >= 4 is 52.3 Å². The Morgan fingerprint density at radius 2 is 1.83 bits per heavy atom. The Balaban J connectivity index is 1.42. The highest BCUT2D eigenvalue weighted by atomic mass is 32.2. The standard InChI is InChI=1S/C27H24N2O5S2/c1-33-23-13-19(11-12-22(23)34-17-18-7-4-3-5-8-18)14-24-26(31)29(27(32)36-24)16-25(30)28-20-9-6-10-21(15-20)35-2/h3-15H,16-17H2,1-2H3,(H,28,30)/b24-14+. The molecule has 0 unspecified atom stereocenters. The molecule has 184 valence electrons. The molecule has 0 aromatic heterocycles. The van der Waals surface area contributed by atoms with Crippen LogP contribution in [0.3, 0.4) is 0 Å². The van der Waals surface area contributed by atoms with Gasteiger partial charge in [-0.2, -0.15) is 0 Å². The Labute approximate surface area is 217 Å². The van der Waals surface area contributed by atoms with Gasteiger partial charge in [-0.3, -0.25) is 19.3 Å². The first-order valence-electron chi connectivity index (χ1n) is 11.0. The van der Waals surface area contributed by atoms with Gasteiger partial charge in [-0.15, -0.1) is 11.8 Å². The van der Waals surface area contributed by atoms with Crippen LogP contribution in [0.2, 0.25) is 0 Å². The van der Waals surface area contributed by atoms with Crippen molar-refractivity contribution in [1.29, 1.82) is 0 Å². The van der Waals surface area contributed by atoms with Crippen molar-refractivity contribution in [2.45, 2.75) is 11.5 Å². The minimum absolute atomic E-state index is 0.234. The summed E-state index contributed by atoms with van der Waals surface area (Å²) < 4.78 is 11.3. The van der Waals surface area contributed by atoms with Crippen molar-refractivity contribution in [2.75, 3.05) is 25.2 Å². The summed E-state index contributed by atoms with van der Waals surface area (Å²) in [5.74, 6) is 0.111. The van der Waals surface area contributed by atoms with E-state index in [0.29, 0.717) is 29.4 Å². The van der Waals surface area contributed by atoms with Gasteiger partial charge in [0.1, 0.15) is 13.2 Å².